The number of hydrogen-bond donors (Lipinski definition) is 1. The van der Waals surface area contributed by atoms with Crippen LogP contribution in [-0.2, 0) is 4.79 Å². The summed E-state index contributed by atoms with van der Waals surface area (Å²) in [7, 11) is 0. The number of piperidine rings is 1. The van der Waals surface area contributed by atoms with E-state index in [0.717, 1.165) is 35.4 Å². The molecular formula is C20H22N3O+. The van der Waals surface area contributed by atoms with Crippen LogP contribution < -0.4 is 4.90 Å². The number of aromatic nitrogens is 2. The third kappa shape index (κ3) is 3.84. The molecule has 24 heavy (non-hydrogen) atoms. The van der Waals surface area contributed by atoms with Crippen LogP contribution in [0.5, 0.6) is 0 Å². The standard InChI is InChI=1S/C20H21N3O/c1-15(2)23-13-18(9-16-5-3-7-21-11-16)20(24)19(14-23)10-17-6-4-8-22-12-17/h3-12,15H,13-14H2,1-2H3/p+1. The van der Waals surface area contributed by atoms with Crippen molar-refractivity contribution in [2.75, 3.05) is 13.1 Å². The van der Waals surface area contributed by atoms with E-state index < -0.39 is 0 Å². The molecule has 1 saturated heterocycles. The van der Waals surface area contributed by atoms with Gasteiger partial charge in [-0.2, -0.15) is 0 Å². The highest BCUT2D eigenvalue weighted by atomic mass is 16.1. The first-order valence-electron chi connectivity index (χ1n) is 8.24. The third-order valence-corrected chi connectivity index (χ3v) is 4.29. The summed E-state index contributed by atoms with van der Waals surface area (Å²) in [5.74, 6) is 0.132. The number of rotatable bonds is 3. The summed E-state index contributed by atoms with van der Waals surface area (Å²) in [6, 6.07) is 8.17. The average molecular weight is 320 g/mol. The van der Waals surface area contributed by atoms with Crippen LogP contribution in [0.4, 0.5) is 0 Å². The third-order valence-electron chi connectivity index (χ3n) is 4.29. The van der Waals surface area contributed by atoms with Crippen LogP contribution in [0.3, 0.4) is 0 Å². The molecule has 0 bridgehead atoms. The maximum Gasteiger partial charge on any atom is 0.196 e. The van der Waals surface area contributed by atoms with E-state index in [1.54, 1.807) is 24.8 Å². The van der Waals surface area contributed by atoms with Gasteiger partial charge < -0.3 is 4.90 Å². The normalized spacial score (nSPS) is 21.6. The van der Waals surface area contributed by atoms with Gasteiger partial charge in [0.2, 0.25) is 0 Å². The zero-order valence-corrected chi connectivity index (χ0v) is 14.1. The fraction of sp³-hybridized carbons (Fsp3) is 0.250. The summed E-state index contributed by atoms with van der Waals surface area (Å²) in [5.41, 5.74) is 3.61. The lowest BCUT2D eigenvalue weighted by molar-refractivity contribution is -0.912. The van der Waals surface area contributed by atoms with Crippen molar-refractivity contribution in [3.8, 4) is 0 Å². The molecule has 4 heteroatoms. The second-order valence-corrected chi connectivity index (χ2v) is 6.41. The molecule has 0 aliphatic carbocycles. The van der Waals surface area contributed by atoms with Gasteiger partial charge in [-0.05, 0) is 49.3 Å². The number of likely N-dealkylation sites (tertiary alicyclic amines) is 1. The van der Waals surface area contributed by atoms with Crippen LogP contribution in [0.25, 0.3) is 12.2 Å². The van der Waals surface area contributed by atoms with Crippen molar-refractivity contribution in [2.45, 2.75) is 19.9 Å². The van der Waals surface area contributed by atoms with Crippen LogP contribution >= 0.6 is 0 Å². The number of nitrogens with one attached hydrogen (secondary N) is 1. The van der Waals surface area contributed by atoms with Gasteiger partial charge >= 0.3 is 0 Å². The molecule has 1 aliphatic rings. The molecule has 0 spiro atoms. The number of pyridine rings is 2. The van der Waals surface area contributed by atoms with Crippen molar-refractivity contribution < 1.29 is 9.69 Å². The lowest BCUT2D eigenvalue weighted by Gasteiger charge is -2.29. The first-order chi connectivity index (χ1) is 11.6. The zero-order valence-electron chi connectivity index (χ0n) is 14.1. The number of carbonyl (C=O) groups is 1. The van der Waals surface area contributed by atoms with E-state index in [1.807, 2.05) is 36.4 Å². The monoisotopic (exact) mass is 320 g/mol. The van der Waals surface area contributed by atoms with E-state index in [4.69, 9.17) is 0 Å². The van der Waals surface area contributed by atoms with E-state index in [1.165, 1.54) is 4.90 Å². The Balaban J connectivity index is 1.96. The SMILES string of the molecule is CC(C)[NH+]1CC(=Cc2cccnc2)C(=O)C(=Cc2cccnc2)C1. The van der Waals surface area contributed by atoms with Crippen LogP contribution in [0.15, 0.2) is 60.2 Å². The quantitative estimate of drug-likeness (QED) is 0.878. The molecule has 4 nitrogen and oxygen atoms in total. The summed E-state index contributed by atoms with van der Waals surface area (Å²) in [5, 5.41) is 0. The smallest absolute Gasteiger partial charge is 0.196 e. The molecule has 0 atom stereocenters. The Bertz CT molecular complexity index is 702. The number of ketones is 1. The van der Waals surface area contributed by atoms with Crippen LogP contribution in [0.2, 0.25) is 0 Å². The molecule has 0 unspecified atom stereocenters. The second kappa shape index (κ2) is 7.32. The molecule has 1 N–H and O–H groups in total. The van der Waals surface area contributed by atoms with E-state index in [2.05, 4.69) is 23.8 Å². The van der Waals surface area contributed by atoms with Crippen molar-refractivity contribution in [1.29, 1.82) is 0 Å². The van der Waals surface area contributed by atoms with E-state index >= 15 is 0 Å². The number of carbonyl (C=O) groups excluding carboxylic acids is 1. The Morgan fingerprint density at radius 1 is 0.958 bits per heavy atom. The number of nitrogens with zero attached hydrogens (tertiary/aromatic N) is 2. The molecule has 2 aromatic rings. The summed E-state index contributed by atoms with van der Waals surface area (Å²) in [6.07, 6.45) is 11.0. The zero-order chi connectivity index (χ0) is 16.9. The first kappa shape index (κ1) is 16.3. The van der Waals surface area contributed by atoms with Crippen LogP contribution in [0, 0.1) is 0 Å². The second-order valence-electron chi connectivity index (χ2n) is 6.41. The molecule has 0 amide bonds. The minimum Gasteiger partial charge on any atom is -0.325 e. The fourth-order valence-electron chi connectivity index (χ4n) is 2.89. The average Bonchev–Trinajstić information content (AvgIpc) is 2.60. The number of quaternary nitrogens is 1. The summed E-state index contributed by atoms with van der Waals surface area (Å²) in [6.45, 7) is 5.87. The van der Waals surface area contributed by atoms with Crippen molar-refractivity contribution >= 4 is 17.9 Å². The van der Waals surface area contributed by atoms with E-state index in [0.29, 0.717) is 6.04 Å². The highest BCUT2D eigenvalue weighted by Crippen LogP contribution is 2.15. The van der Waals surface area contributed by atoms with Gasteiger partial charge in [-0.25, -0.2) is 0 Å². The summed E-state index contributed by atoms with van der Waals surface area (Å²) < 4.78 is 0. The van der Waals surface area contributed by atoms with Gasteiger partial charge in [0.05, 0.1) is 17.2 Å². The van der Waals surface area contributed by atoms with E-state index in [9.17, 15) is 4.79 Å². The molecule has 122 valence electrons. The maximum atomic E-state index is 12.9. The van der Waals surface area contributed by atoms with Crippen LogP contribution in [-0.4, -0.2) is 34.9 Å². The van der Waals surface area contributed by atoms with Gasteiger partial charge in [0.25, 0.3) is 0 Å². The summed E-state index contributed by atoms with van der Waals surface area (Å²) >= 11 is 0. The molecule has 3 heterocycles. The molecule has 2 aromatic heterocycles. The maximum absolute atomic E-state index is 12.9. The first-order valence-corrected chi connectivity index (χ1v) is 8.24. The lowest BCUT2D eigenvalue weighted by atomic mass is 9.94. The van der Waals surface area contributed by atoms with Crippen molar-refractivity contribution in [3.63, 3.8) is 0 Å². The van der Waals surface area contributed by atoms with Gasteiger partial charge in [-0.15, -0.1) is 0 Å². The van der Waals surface area contributed by atoms with Gasteiger partial charge in [0, 0.05) is 24.8 Å². The van der Waals surface area contributed by atoms with Crippen LogP contribution in [0.1, 0.15) is 25.0 Å². The Morgan fingerprint density at radius 2 is 1.46 bits per heavy atom. The molecular weight excluding hydrogens is 298 g/mol. The van der Waals surface area contributed by atoms with Gasteiger partial charge in [-0.3, -0.25) is 14.8 Å². The molecule has 0 radical (unpaired) electrons. The van der Waals surface area contributed by atoms with Gasteiger partial charge in [0.1, 0.15) is 13.1 Å². The highest BCUT2D eigenvalue weighted by molar-refractivity contribution is 6.14. The van der Waals surface area contributed by atoms with Gasteiger partial charge in [0.15, 0.2) is 5.78 Å². The minimum absolute atomic E-state index is 0.132. The molecule has 1 fully saturated rings. The predicted octanol–water partition coefficient (Wildman–Crippen LogP) is 1.82. The lowest BCUT2D eigenvalue weighted by Crippen LogP contribution is -3.16. The Morgan fingerprint density at radius 3 is 1.83 bits per heavy atom. The molecule has 1 aliphatic heterocycles. The van der Waals surface area contributed by atoms with Gasteiger partial charge in [-0.1, -0.05) is 12.1 Å². The minimum atomic E-state index is 0.132. The Hall–Kier alpha value is -2.59. The van der Waals surface area contributed by atoms with Crippen molar-refractivity contribution in [3.05, 3.63) is 71.3 Å². The largest absolute Gasteiger partial charge is 0.325 e. The molecule has 0 saturated carbocycles. The number of hydrogen-bond acceptors (Lipinski definition) is 3. The highest BCUT2D eigenvalue weighted by Gasteiger charge is 2.30. The molecule has 0 aromatic carbocycles. The van der Waals surface area contributed by atoms with E-state index in [-0.39, 0.29) is 5.78 Å². The predicted molar refractivity (Wildman–Crippen MR) is 95.3 cm³/mol. The Kier molecular flexibility index (Phi) is 4.96. The number of Topliss-reactive ketones (excluding diaryl/α,β-unsaturated/α-hetero) is 1. The topological polar surface area (TPSA) is 47.3 Å². The van der Waals surface area contributed by atoms with Crippen molar-refractivity contribution in [2.24, 2.45) is 0 Å². The summed E-state index contributed by atoms with van der Waals surface area (Å²) in [4.78, 5) is 22.6. The fourth-order valence-corrected chi connectivity index (χ4v) is 2.89. The van der Waals surface area contributed by atoms with Crippen molar-refractivity contribution in [1.82, 2.24) is 9.97 Å². The molecule has 3 rings (SSSR count). The Labute approximate surface area is 142 Å².